The third-order valence-corrected chi connectivity index (χ3v) is 5.22. The van der Waals surface area contributed by atoms with Crippen molar-refractivity contribution in [2.45, 2.75) is 38.6 Å². The highest BCUT2D eigenvalue weighted by Crippen LogP contribution is 2.36. The molecule has 5 heteroatoms. The SMILES string of the molecule is CCC(CC1CC1)NC(=O)c1sc2ccc(F)cc2c1N. The summed E-state index contributed by atoms with van der Waals surface area (Å²) in [4.78, 5) is 12.9. The quantitative estimate of drug-likeness (QED) is 0.879. The summed E-state index contributed by atoms with van der Waals surface area (Å²) in [5.74, 6) is 0.296. The van der Waals surface area contributed by atoms with Crippen molar-refractivity contribution in [2.75, 3.05) is 5.73 Å². The summed E-state index contributed by atoms with van der Waals surface area (Å²) in [6, 6.07) is 4.65. The molecule has 1 aromatic carbocycles. The number of halogens is 1. The Morgan fingerprint density at radius 2 is 2.29 bits per heavy atom. The van der Waals surface area contributed by atoms with Crippen LogP contribution in [0.25, 0.3) is 10.1 Å². The summed E-state index contributed by atoms with van der Waals surface area (Å²) < 4.78 is 14.1. The molecule has 1 saturated carbocycles. The zero-order chi connectivity index (χ0) is 15.0. The standard InChI is InChI=1S/C16H19FN2OS/c1-2-11(7-9-3-4-9)19-16(20)15-14(18)12-8-10(17)5-6-13(12)21-15/h5-6,8-9,11H,2-4,7,18H2,1H3,(H,19,20). The number of carbonyl (C=O) groups excluding carboxylic acids is 1. The molecule has 0 radical (unpaired) electrons. The van der Waals surface area contributed by atoms with Gasteiger partial charge in [0.1, 0.15) is 10.7 Å². The molecule has 1 fully saturated rings. The summed E-state index contributed by atoms with van der Waals surface area (Å²) in [5, 5.41) is 3.69. The minimum Gasteiger partial charge on any atom is -0.397 e. The fourth-order valence-corrected chi connectivity index (χ4v) is 3.60. The Morgan fingerprint density at radius 1 is 1.52 bits per heavy atom. The van der Waals surface area contributed by atoms with Gasteiger partial charge >= 0.3 is 0 Å². The largest absolute Gasteiger partial charge is 0.397 e. The molecule has 1 aliphatic rings. The summed E-state index contributed by atoms with van der Waals surface area (Å²) in [7, 11) is 0. The molecule has 0 bridgehead atoms. The van der Waals surface area contributed by atoms with Gasteiger partial charge in [-0.15, -0.1) is 11.3 Å². The predicted molar refractivity (Wildman–Crippen MR) is 85.1 cm³/mol. The number of carbonyl (C=O) groups is 1. The third-order valence-electron chi connectivity index (χ3n) is 4.04. The number of thiophene rings is 1. The molecule has 1 amide bonds. The summed E-state index contributed by atoms with van der Waals surface area (Å²) >= 11 is 1.32. The topological polar surface area (TPSA) is 55.1 Å². The lowest BCUT2D eigenvalue weighted by Crippen LogP contribution is -2.34. The lowest BCUT2D eigenvalue weighted by molar-refractivity contribution is 0.0937. The molecule has 0 aliphatic heterocycles. The molecule has 112 valence electrons. The predicted octanol–water partition coefficient (Wildman–Crippen LogP) is 3.93. The average Bonchev–Trinajstić information content (AvgIpc) is 3.22. The van der Waals surface area contributed by atoms with Gasteiger partial charge in [0.25, 0.3) is 5.91 Å². The van der Waals surface area contributed by atoms with Gasteiger partial charge in [-0.25, -0.2) is 4.39 Å². The van der Waals surface area contributed by atoms with Gasteiger partial charge in [-0.3, -0.25) is 4.79 Å². The molecule has 0 spiro atoms. The first-order chi connectivity index (χ1) is 10.1. The van der Waals surface area contributed by atoms with Crippen molar-refractivity contribution in [2.24, 2.45) is 5.92 Å². The number of rotatable bonds is 5. The second kappa shape index (κ2) is 5.64. The average molecular weight is 306 g/mol. The Labute approximate surface area is 127 Å². The lowest BCUT2D eigenvalue weighted by Gasteiger charge is -2.16. The van der Waals surface area contributed by atoms with Gasteiger partial charge in [-0.05, 0) is 37.0 Å². The van der Waals surface area contributed by atoms with Gasteiger partial charge in [0.15, 0.2) is 0 Å². The molecule has 3 N–H and O–H groups in total. The molecule has 2 aromatic rings. The van der Waals surface area contributed by atoms with E-state index in [1.165, 1.54) is 36.3 Å². The van der Waals surface area contributed by atoms with E-state index < -0.39 is 0 Å². The van der Waals surface area contributed by atoms with E-state index in [0.29, 0.717) is 16.0 Å². The number of amides is 1. The Balaban J connectivity index is 1.81. The molecule has 1 aromatic heterocycles. The molecule has 3 rings (SSSR count). The zero-order valence-corrected chi connectivity index (χ0v) is 12.8. The first-order valence-corrected chi connectivity index (χ1v) is 8.18. The van der Waals surface area contributed by atoms with Gasteiger partial charge in [0.05, 0.1) is 5.69 Å². The van der Waals surface area contributed by atoms with E-state index in [9.17, 15) is 9.18 Å². The van der Waals surface area contributed by atoms with Gasteiger partial charge in [-0.1, -0.05) is 19.8 Å². The normalized spacial score (nSPS) is 16.1. The first-order valence-electron chi connectivity index (χ1n) is 7.37. The van der Waals surface area contributed by atoms with Gasteiger partial charge < -0.3 is 11.1 Å². The number of fused-ring (bicyclic) bond motifs is 1. The number of nitrogens with two attached hydrogens (primary N) is 1. The maximum absolute atomic E-state index is 13.3. The van der Waals surface area contributed by atoms with Crippen LogP contribution in [0, 0.1) is 11.7 Å². The molecule has 1 aliphatic carbocycles. The lowest BCUT2D eigenvalue weighted by atomic mass is 10.1. The molecule has 1 heterocycles. The maximum atomic E-state index is 13.3. The van der Waals surface area contributed by atoms with E-state index >= 15 is 0 Å². The van der Waals surface area contributed by atoms with Gasteiger partial charge in [0.2, 0.25) is 0 Å². The van der Waals surface area contributed by atoms with Crippen LogP contribution in [0.2, 0.25) is 0 Å². The Hall–Kier alpha value is -1.62. The van der Waals surface area contributed by atoms with Crippen LogP contribution < -0.4 is 11.1 Å². The number of nitrogens with one attached hydrogen (secondary N) is 1. The van der Waals surface area contributed by atoms with Crippen molar-refractivity contribution in [3.63, 3.8) is 0 Å². The van der Waals surface area contributed by atoms with E-state index in [2.05, 4.69) is 12.2 Å². The van der Waals surface area contributed by atoms with Crippen molar-refractivity contribution in [3.05, 3.63) is 28.9 Å². The van der Waals surface area contributed by atoms with Crippen LogP contribution in [-0.2, 0) is 0 Å². The molecule has 1 atom stereocenters. The van der Waals surface area contributed by atoms with E-state index in [-0.39, 0.29) is 17.8 Å². The van der Waals surface area contributed by atoms with Crippen LogP contribution in [0.1, 0.15) is 42.3 Å². The zero-order valence-electron chi connectivity index (χ0n) is 12.0. The highest BCUT2D eigenvalue weighted by Gasteiger charge is 2.26. The van der Waals surface area contributed by atoms with Crippen LogP contribution in [0.4, 0.5) is 10.1 Å². The molecular formula is C16H19FN2OS. The first kappa shape index (κ1) is 14.3. The van der Waals surface area contributed by atoms with Crippen LogP contribution in [0.5, 0.6) is 0 Å². The second-order valence-corrected chi connectivity index (χ2v) is 6.80. The van der Waals surface area contributed by atoms with Crippen LogP contribution >= 0.6 is 11.3 Å². The van der Waals surface area contributed by atoms with E-state index in [0.717, 1.165) is 23.5 Å². The number of hydrogen-bond donors (Lipinski definition) is 2. The molecule has 1 unspecified atom stereocenters. The van der Waals surface area contributed by atoms with Crippen LogP contribution in [0.3, 0.4) is 0 Å². The van der Waals surface area contributed by atoms with Gasteiger partial charge in [0, 0.05) is 16.1 Å². The summed E-state index contributed by atoms with van der Waals surface area (Å²) in [6.45, 7) is 2.08. The molecule has 0 saturated heterocycles. The fourth-order valence-electron chi connectivity index (χ4n) is 2.59. The van der Waals surface area contributed by atoms with Crippen molar-refractivity contribution < 1.29 is 9.18 Å². The minimum atomic E-state index is -0.334. The monoisotopic (exact) mass is 306 g/mol. The van der Waals surface area contributed by atoms with E-state index in [1.807, 2.05) is 0 Å². The smallest absolute Gasteiger partial charge is 0.263 e. The highest BCUT2D eigenvalue weighted by atomic mass is 32.1. The molecule has 21 heavy (non-hydrogen) atoms. The van der Waals surface area contributed by atoms with E-state index in [1.54, 1.807) is 6.07 Å². The number of nitrogen functional groups attached to an aromatic ring is 1. The molecule has 3 nitrogen and oxygen atoms in total. The fraction of sp³-hybridized carbons (Fsp3) is 0.438. The minimum absolute atomic E-state index is 0.137. The highest BCUT2D eigenvalue weighted by molar-refractivity contribution is 7.21. The summed E-state index contributed by atoms with van der Waals surface area (Å²) in [6.07, 6.45) is 4.51. The summed E-state index contributed by atoms with van der Waals surface area (Å²) in [5.41, 5.74) is 6.41. The Morgan fingerprint density at radius 3 is 2.95 bits per heavy atom. The number of benzene rings is 1. The van der Waals surface area contributed by atoms with E-state index in [4.69, 9.17) is 5.73 Å². The maximum Gasteiger partial charge on any atom is 0.263 e. The van der Waals surface area contributed by atoms with Crippen molar-refractivity contribution in [1.82, 2.24) is 5.32 Å². The van der Waals surface area contributed by atoms with Gasteiger partial charge in [-0.2, -0.15) is 0 Å². The van der Waals surface area contributed by atoms with Crippen LogP contribution in [-0.4, -0.2) is 11.9 Å². The van der Waals surface area contributed by atoms with Crippen molar-refractivity contribution >= 4 is 33.0 Å². The second-order valence-electron chi connectivity index (χ2n) is 5.74. The number of anilines is 1. The van der Waals surface area contributed by atoms with Crippen LogP contribution in [0.15, 0.2) is 18.2 Å². The third kappa shape index (κ3) is 3.02. The number of hydrogen-bond acceptors (Lipinski definition) is 3. The van der Waals surface area contributed by atoms with Crippen molar-refractivity contribution in [3.8, 4) is 0 Å². The van der Waals surface area contributed by atoms with Crippen molar-refractivity contribution in [1.29, 1.82) is 0 Å². The Bertz CT molecular complexity index is 678. The Kier molecular flexibility index (Phi) is 3.85. The molecular weight excluding hydrogens is 287 g/mol.